The molecule has 0 saturated heterocycles. The summed E-state index contributed by atoms with van der Waals surface area (Å²) in [5, 5.41) is 2.00. The molecule has 33 heavy (non-hydrogen) atoms. The van der Waals surface area contributed by atoms with Gasteiger partial charge in [0.05, 0.1) is 0 Å². The van der Waals surface area contributed by atoms with Gasteiger partial charge in [0.15, 0.2) is 11.6 Å². The molecule has 0 fully saturated rings. The van der Waals surface area contributed by atoms with Gasteiger partial charge in [0, 0.05) is 44.8 Å². The summed E-state index contributed by atoms with van der Waals surface area (Å²) in [6.45, 7) is 0. The van der Waals surface area contributed by atoms with Crippen molar-refractivity contribution in [3.8, 4) is 22.3 Å². The van der Waals surface area contributed by atoms with Crippen molar-refractivity contribution in [3.63, 3.8) is 0 Å². The maximum Gasteiger partial charge on any atom is 0.195 e. The fourth-order valence-corrected chi connectivity index (χ4v) is 5.11. The Balaban J connectivity index is 0.000000406. The highest BCUT2D eigenvalue weighted by molar-refractivity contribution is 8.77. The number of benzene rings is 4. The molecule has 1 N–H and O–H groups in total. The Morgan fingerprint density at radius 2 is 1.24 bits per heavy atom. The van der Waals surface area contributed by atoms with Gasteiger partial charge in [-0.25, -0.2) is 0 Å². The van der Waals surface area contributed by atoms with Crippen LogP contribution >= 0.6 is 21.8 Å². The van der Waals surface area contributed by atoms with Crippen molar-refractivity contribution >= 4 is 33.3 Å². The van der Waals surface area contributed by atoms with E-state index in [-0.39, 0.29) is 11.6 Å². The molecule has 0 radical (unpaired) electrons. The van der Waals surface area contributed by atoms with Crippen molar-refractivity contribution in [3.05, 3.63) is 131 Å². The van der Waals surface area contributed by atoms with E-state index in [4.69, 9.17) is 0 Å². The van der Waals surface area contributed by atoms with Gasteiger partial charge in [-0.05, 0) is 45.2 Å². The molecule has 4 aromatic carbocycles. The summed E-state index contributed by atoms with van der Waals surface area (Å²) in [6.07, 6.45) is 1.91. The van der Waals surface area contributed by atoms with Crippen molar-refractivity contribution in [1.29, 1.82) is 0 Å². The van der Waals surface area contributed by atoms with Gasteiger partial charge in [-0.2, -0.15) is 0 Å². The molecule has 0 unspecified atom stereocenters. The third kappa shape index (κ3) is 4.25. The Bertz CT molecular complexity index is 1360. The van der Waals surface area contributed by atoms with Crippen LogP contribution in [0.3, 0.4) is 0 Å². The van der Waals surface area contributed by atoms with Gasteiger partial charge in [-0.15, -0.1) is 0 Å². The molecule has 0 amide bonds. The predicted molar refractivity (Wildman–Crippen MR) is 138 cm³/mol. The second kappa shape index (κ2) is 9.53. The van der Waals surface area contributed by atoms with Crippen molar-refractivity contribution in [1.82, 2.24) is 4.72 Å². The van der Waals surface area contributed by atoms with Crippen LogP contribution in [0.25, 0.3) is 22.3 Å². The van der Waals surface area contributed by atoms with Gasteiger partial charge >= 0.3 is 0 Å². The zero-order chi connectivity index (χ0) is 22.6. The van der Waals surface area contributed by atoms with Gasteiger partial charge < -0.3 is 4.72 Å². The van der Waals surface area contributed by atoms with Crippen LogP contribution in [0.4, 0.5) is 0 Å². The molecule has 160 valence electrons. The number of hydrogen-bond acceptors (Lipinski definition) is 5. The minimum Gasteiger partial charge on any atom is -0.327 e. The maximum atomic E-state index is 13.5. The molecule has 0 bridgehead atoms. The molecule has 4 aromatic rings. The molecule has 3 nitrogen and oxygen atoms in total. The van der Waals surface area contributed by atoms with Gasteiger partial charge in [0.25, 0.3) is 0 Å². The fourth-order valence-electron chi connectivity index (χ4n) is 4.00. The van der Waals surface area contributed by atoms with E-state index in [1.807, 2.05) is 96.5 Å². The molecule has 1 aliphatic heterocycles. The van der Waals surface area contributed by atoms with Crippen LogP contribution in [0.1, 0.15) is 31.8 Å². The smallest absolute Gasteiger partial charge is 0.195 e. The quantitative estimate of drug-likeness (QED) is 0.221. The molecule has 1 aliphatic carbocycles. The summed E-state index contributed by atoms with van der Waals surface area (Å²) in [5.41, 5.74) is 5.61. The summed E-state index contributed by atoms with van der Waals surface area (Å²) >= 11 is 0. The molecule has 0 atom stereocenters. The van der Waals surface area contributed by atoms with Crippen LogP contribution in [0, 0.1) is 0 Å². The fraction of sp³-hybridized carbons (Fsp3) is 0. The normalized spacial score (nSPS) is 13.5. The highest BCUT2D eigenvalue weighted by Crippen LogP contribution is 2.36. The van der Waals surface area contributed by atoms with Crippen LogP contribution in [-0.2, 0) is 0 Å². The molecule has 5 heteroatoms. The van der Waals surface area contributed by atoms with E-state index in [0.717, 1.165) is 22.3 Å². The van der Waals surface area contributed by atoms with Crippen LogP contribution < -0.4 is 4.72 Å². The van der Waals surface area contributed by atoms with E-state index in [2.05, 4.69) is 4.72 Å². The van der Waals surface area contributed by atoms with Crippen LogP contribution in [-0.4, -0.2) is 11.6 Å². The molecule has 0 spiro atoms. The molecular formula is C28H19NO2S2. The first-order chi connectivity index (χ1) is 16.2. The van der Waals surface area contributed by atoms with E-state index in [9.17, 15) is 9.59 Å². The predicted octanol–water partition coefficient (Wildman–Crippen LogP) is 7.15. The Morgan fingerprint density at radius 1 is 0.545 bits per heavy atom. The van der Waals surface area contributed by atoms with E-state index >= 15 is 0 Å². The molecule has 6 rings (SSSR count). The third-order valence-corrected chi connectivity index (χ3v) is 7.01. The molecule has 0 saturated carbocycles. The zero-order valence-electron chi connectivity index (χ0n) is 17.5. The lowest BCUT2D eigenvalue weighted by atomic mass is 9.79. The van der Waals surface area contributed by atoms with Gasteiger partial charge in [-0.1, -0.05) is 84.9 Å². The van der Waals surface area contributed by atoms with E-state index in [1.54, 1.807) is 33.9 Å². The summed E-state index contributed by atoms with van der Waals surface area (Å²) in [5.74, 6) is -0.191. The monoisotopic (exact) mass is 465 g/mol. The highest BCUT2D eigenvalue weighted by atomic mass is 33.1. The molecule has 0 aromatic heterocycles. The van der Waals surface area contributed by atoms with Crippen molar-refractivity contribution in [2.45, 2.75) is 0 Å². The van der Waals surface area contributed by atoms with E-state index in [0.29, 0.717) is 22.3 Å². The van der Waals surface area contributed by atoms with Crippen molar-refractivity contribution < 1.29 is 9.59 Å². The topological polar surface area (TPSA) is 46.2 Å². The molecular weight excluding hydrogens is 446 g/mol. The summed E-state index contributed by atoms with van der Waals surface area (Å²) in [4.78, 5) is 26.6. The third-order valence-electron chi connectivity index (χ3n) is 5.52. The molecule has 1 heterocycles. The summed E-state index contributed by atoms with van der Waals surface area (Å²) in [7, 11) is 3.33. The standard InChI is InChI=1S/C26H16O2.C2H3NS2/c27-25-21-15-14-19(17-8-3-1-4-9-17)16-23(21)26(28)24-20(12-7-13-22(24)25)18-10-5-2-6-11-18;1-2-4-5-3-1/h1-16H;1-3H. The zero-order valence-corrected chi connectivity index (χ0v) is 19.2. The number of carbonyl (C=O) groups is 2. The first-order valence-corrected chi connectivity index (χ1v) is 12.7. The average Bonchev–Trinajstić information content (AvgIpc) is 3.48. The number of rotatable bonds is 2. The first kappa shape index (κ1) is 21.3. The summed E-state index contributed by atoms with van der Waals surface area (Å²) in [6, 6.07) is 30.6. The van der Waals surface area contributed by atoms with Crippen LogP contribution in [0.5, 0.6) is 0 Å². The number of carbonyl (C=O) groups excluding carboxylic acids is 2. The van der Waals surface area contributed by atoms with Gasteiger partial charge in [0.1, 0.15) is 0 Å². The minimum atomic E-state index is -0.0955. The van der Waals surface area contributed by atoms with Crippen molar-refractivity contribution in [2.75, 3.05) is 0 Å². The number of hydrogen-bond donors (Lipinski definition) is 1. The lowest BCUT2D eigenvalue weighted by Gasteiger charge is -2.21. The number of fused-ring (bicyclic) bond motifs is 2. The molecule has 2 aliphatic rings. The Kier molecular flexibility index (Phi) is 6.15. The van der Waals surface area contributed by atoms with Crippen molar-refractivity contribution in [2.24, 2.45) is 0 Å². The Hall–Kier alpha value is -3.54. The van der Waals surface area contributed by atoms with Gasteiger partial charge in [-0.3, -0.25) is 9.59 Å². The summed E-state index contributed by atoms with van der Waals surface area (Å²) < 4.78 is 2.92. The maximum absolute atomic E-state index is 13.5. The highest BCUT2D eigenvalue weighted by Gasteiger charge is 2.32. The Morgan fingerprint density at radius 3 is 1.88 bits per heavy atom. The van der Waals surface area contributed by atoms with E-state index in [1.165, 1.54) is 0 Å². The Labute approximate surface area is 200 Å². The second-order valence-electron chi connectivity index (χ2n) is 7.48. The van der Waals surface area contributed by atoms with Gasteiger partial charge in [0.2, 0.25) is 0 Å². The second-order valence-corrected chi connectivity index (χ2v) is 9.42. The largest absolute Gasteiger partial charge is 0.327 e. The number of nitrogens with one attached hydrogen (secondary N) is 1. The lowest BCUT2D eigenvalue weighted by Crippen LogP contribution is -2.21. The van der Waals surface area contributed by atoms with Crippen LogP contribution in [0.2, 0.25) is 0 Å². The van der Waals surface area contributed by atoms with E-state index < -0.39 is 0 Å². The first-order valence-electron chi connectivity index (χ1n) is 10.4. The minimum absolute atomic E-state index is 0.0954. The average molecular weight is 466 g/mol. The van der Waals surface area contributed by atoms with Crippen LogP contribution in [0.15, 0.2) is 109 Å². The lowest BCUT2D eigenvalue weighted by molar-refractivity contribution is 0.0979. The number of ketones is 2. The SMILES string of the molecule is C1=CSSN1.O=C1c2ccc(-c3ccccc3)cc2C(=O)c2c1cccc2-c1ccccc1.